The molecule has 0 fully saturated rings. The maximum absolute atomic E-state index is 11.7. The summed E-state index contributed by atoms with van der Waals surface area (Å²) in [6.45, 7) is 5.86. The first-order chi connectivity index (χ1) is 9.68. The van der Waals surface area contributed by atoms with E-state index in [4.69, 9.17) is 5.11 Å². The third-order valence-corrected chi connectivity index (χ3v) is 3.44. The molecule has 0 aliphatic carbocycles. The number of thioether (sulfide) groups is 1. The molecule has 0 aromatic rings. The van der Waals surface area contributed by atoms with Crippen LogP contribution < -0.4 is 10.6 Å². The highest BCUT2D eigenvalue weighted by molar-refractivity contribution is 7.98. The van der Waals surface area contributed by atoms with Crippen LogP contribution in [0.15, 0.2) is 0 Å². The van der Waals surface area contributed by atoms with E-state index in [1.807, 2.05) is 27.0 Å². The number of carbonyl (C=O) groups is 3. The highest BCUT2D eigenvalue weighted by Gasteiger charge is 2.21. The van der Waals surface area contributed by atoms with Crippen molar-refractivity contribution in [2.45, 2.75) is 46.1 Å². The molecule has 0 bridgehead atoms. The van der Waals surface area contributed by atoms with Crippen molar-refractivity contribution in [3.63, 3.8) is 0 Å². The molecule has 0 aliphatic heterocycles. The van der Waals surface area contributed by atoms with Gasteiger partial charge in [-0.15, -0.1) is 0 Å². The molecule has 6 nitrogen and oxygen atoms in total. The van der Waals surface area contributed by atoms with Crippen LogP contribution in [0.1, 0.15) is 40.0 Å². The lowest BCUT2D eigenvalue weighted by atomic mass is 9.96. The Labute approximate surface area is 130 Å². The van der Waals surface area contributed by atoms with E-state index in [0.29, 0.717) is 25.1 Å². The van der Waals surface area contributed by atoms with E-state index in [9.17, 15) is 14.4 Å². The van der Waals surface area contributed by atoms with Crippen LogP contribution in [-0.2, 0) is 14.4 Å². The maximum atomic E-state index is 11.7. The SMILES string of the molecule is CSCCC(NC(=O)CCCNC(=O)C(C)(C)C)C(=O)O. The third-order valence-electron chi connectivity index (χ3n) is 2.79. The molecule has 0 spiro atoms. The molecule has 0 aromatic carbocycles. The average Bonchev–Trinajstić information content (AvgIpc) is 2.37. The molecule has 122 valence electrons. The fourth-order valence-electron chi connectivity index (χ4n) is 1.48. The van der Waals surface area contributed by atoms with Gasteiger partial charge in [0.2, 0.25) is 11.8 Å². The van der Waals surface area contributed by atoms with Crippen LogP contribution in [0.4, 0.5) is 0 Å². The second-order valence-corrected chi connectivity index (χ2v) is 6.83. The third kappa shape index (κ3) is 9.33. The van der Waals surface area contributed by atoms with E-state index in [-0.39, 0.29) is 18.2 Å². The largest absolute Gasteiger partial charge is 0.480 e. The summed E-state index contributed by atoms with van der Waals surface area (Å²) in [7, 11) is 0. The summed E-state index contributed by atoms with van der Waals surface area (Å²) in [5.41, 5.74) is -0.450. The molecule has 0 radical (unpaired) electrons. The lowest BCUT2D eigenvalue weighted by molar-refractivity contribution is -0.141. The van der Waals surface area contributed by atoms with Gasteiger partial charge in [-0.25, -0.2) is 4.79 Å². The van der Waals surface area contributed by atoms with Crippen LogP contribution in [-0.4, -0.2) is 47.5 Å². The van der Waals surface area contributed by atoms with Gasteiger partial charge >= 0.3 is 5.97 Å². The number of carbonyl (C=O) groups excluding carboxylic acids is 2. The van der Waals surface area contributed by atoms with Crippen LogP contribution in [0.2, 0.25) is 0 Å². The monoisotopic (exact) mass is 318 g/mol. The smallest absolute Gasteiger partial charge is 0.326 e. The van der Waals surface area contributed by atoms with Crippen LogP contribution in [0.3, 0.4) is 0 Å². The van der Waals surface area contributed by atoms with Crippen LogP contribution in [0.25, 0.3) is 0 Å². The Morgan fingerprint density at radius 3 is 2.33 bits per heavy atom. The number of hydrogen-bond donors (Lipinski definition) is 3. The highest BCUT2D eigenvalue weighted by Crippen LogP contribution is 2.12. The predicted molar refractivity (Wildman–Crippen MR) is 84.3 cm³/mol. The predicted octanol–water partition coefficient (Wildman–Crippen LogP) is 1.25. The van der Waals surface area contributed by atoms with Gasteiger partial charge in [0, 0.05) is 18.4 Å². The molecule has 0 aromatic heterocycles. The molecular weight excluding hydrogens is 292 g/mol. The van der Waals surface area contributed by atoms with Crippen molar-refractivity contribution in [2.75, 3.05) is 18.6 Å². The lowest BCUT2D eigenvalue weighted by Gasteiger charge is -2.17. The van der Waals surface area contributed by atoms with Gasteiger partial charge in [-0.3, -0.25) is 9.59 Å². The number of hydrogen-bond acceptors (Lipinski definition) is 4. The minimum absolute atomic E-state index is 0.0636. The van der Waals surface area contributed by atoms with Gasteiger partial charge in [0.15, 0.2) is 0 Å². The minimum Gasteiger partial charge on any atom is -0.480 e. The Balaban J connectivity index is 3.98. The zero-order chi connectivity index (χ0) is 16.5. The number of carboxylic acids is 1. The molecule has 2 amide bonds. The molecule has 0 rings (SSSR count). The van der Waals surface area contributed by atoms with Gasteiger partial charge in [0.1, 0.15) is 6.04 Å². The van der Waals surface area contributed by atoms with E-state index in [1.165, 1.54) is 11.8 Å². The number of amides is 2. The summed E-state index contributed by atoms with van der Waals surface area (Å²) in [5.74, 6) is -0.697. The zero-order valence-electron chi connectivity index (χ0n) is 13.2. The van der Waals surface area contributed by atoms with E-state index in [2.05, 4.69) is 10.6 Å². The van der Waals surface area contributed by atoms with Crippen molar-refractivity contribution in [1.29, 1.82) is 0 Å². The first-order valence-electron chi connectivity index (χ1n) is 6.98. The van der Waals surface area contributed by atoms with Crippen molar-refractivity contribution in [3.8, 4) is 0 Å². The summed E-state index contributed by atoms with van der Waals surface area (Å²) < 4.78 is 0. The Morgan fingerprint density at radius 2 is 1.86 bits per heavy atom. The van der Waals surface area contributed by atoms with Crippen molar-refractivity contribution in [1.82, 2.24) is 10.6 Å². The number of carboxylic acid groups (broad SMARTS) is 1. The molecule has 0 saturated heterocycles. The number of aliphatic carboxylic acids is 1. The van der Waals surface area contributed by atoms with Gasteiger partial charge in [-0.2, -0.15) is 11.8 Å². The molecule has 3 N–H and O–H groups in total. The quantitative estimate of drug-likeness (QED) is 0.556. The first kappa shape index (κ1) is 19.8. The fraction of sp³-hybridized carbons (Fsp3) is 0.786. The summed E-state index contributed by atoms with van der Waals surface area (Å²) in [4.78, 5) is 34.3. The average molecular weight is 318 g/mol. The fourth-order valence-corrected chi connectivity index (χ4v) is 1.95. The molecule has 21 heavy (non-hydrogen) atoms. The minimum atomic E-state index is -1.02. The van der Waals surface area contributed by atoms with E-state index in [0.717, 1.165) is 0 Å². The molecule has 0 heterocycles. The van der Waals surface area contributed by atoms with Crippen molar-refractivity contribution < 1.29 is 19.5 Å². The Hall–Kier alpha value is -1.24. The molecule has 0 saturated carbocycles. The normalized spacial score (nSPS) is 12.6. The second kappa shape index (κ2) is 9.65. The highest BCUT2D eigenvalue weighted by atomic mass is 32.2. The van der Waals surface area contributed by atoms with Gasteiger partial charge in [-0.05, 0) is 24.9 Å². The van der Waals surface area contributed by atoms with Crippen molar-refractivity contribution >= 4 is 29.5 Å². The molecular formula is C14H26N2O4S. The van der Waals surface area contributed by atoms with Crippen molar-refractivity contribution in [2.24, 2.45) is 5.41 Å². The maximum Gasteiger partial charge on any atom is 0.326 e. The molecule has 1 atom stereocenters. The first-order valence-corrected chi connectivity index (χ1v) is 8.37. The summed E-state index contributed by atoms with van der Waals surface area (Å²) in [5, 5.41) is 14.3. The standard InChI is InChI=1S/C14H26N2O4S/c1-14(2,3)13(20)15-8-5-6-11(17)16-10(12(18)19)7-9-21-4/h10H,5-9H2,1-4H3,(H,15,20)(H,16,17)(H,18,19). The van der Waals surface area contributed by atoms with Crippen molar-refractivity contribution in [3.05, 3.63) is 0 Å². The topological polar surface area (TPSA) is 95.5 Å². The van der Waals surface area contributed by atoms with Crippen LogP contribution >= 0.6 is 11.8 Å². The van der Waals surface area contributed by atoms with Crippen LogP contribution in [0, 0.1) is 5.41 Å². The van der Waals surface area contributed by atoms with Gasteiger partial charge in [0.05, 0.1) is 0 Å². The van der Waals surface area contributed by atoms with E-state index >= 15 is 0 Å². The van der Waals surface area contributed by atoms with E-state index in [1.54, 1.807) is 0 Å². The zero-order valence-corrected chi connectivity index (χ0v) is 14.0. The second-order valence-electron chi connectivity index (χ2n) is 5.85. The van der Waals surface area contributed by atoms with Gasteiger partial charge in [-0.1, -0.05) is 20.8 Å². The molecule has 1 unspecified atom stereocenters. The van der Waals surface area contributed by atoms with Gasteiger partial charge in [0.25, 0.3) is 0 Å². The lowest BCUT2D eigenvalue weighted by Crippen LogP contribution is -2.41. The molecule has 7 heteroatoms. The summed E-state index contributed by atoms with van der Waals surface area (Å²) in [6.07, 6.45) is 2.98. The Kier molecular flexibility index (Phi) is 9.08. The van der Waals surface area contributed by atoms with E-state index < -0.39 is 17.4 Å². The summed E-state index contributed by atoms with van der Waals surface area (Å²) in [6, 6.07) is -0.839. The Bertz CT molecular complexity index is 366. The molecule has 0 aliphatic rings. The van der Waals surface area contributed by atoms with Crippen LogP contribution in [0.5, 0.6) is 0 Å². The number of nitrogens with one attached hydrogen (secondary N) is 2. The summed E-state index contributed by atoms with van der Waals surface area (Å²) >= 11 is 1.54. The number of rotatable bonds is 9. The Morgan fingerprint density at radius 1 is 1.24 bits per heavy atom. The van der Waals surface area contributed by atoms with Gasteiger partial charge < -0.3 is 15.7 Å².